The third kappa shape index (κ3) is 4.11. The van der Waals surface area contributed by atoms with Gasteiger partial charge in [-0.25, -0.2) is 8.42 Å². The number of carbonyl (C=O) groups is 1. The molecular formula is C21H19Cl2N3O3S. The van der Waals surface area contributed by atoms with Gasteiger partial charge in [-0.05, 0) is 54.6 Å². The molecule has 1 aromatic heterocycles. The summed E-state index contributed by atoms with van der Waals surface area (Å²) in [6, 6.07) is 15.6. The van der Waals surface area contributed by atoms with Gasteiger partial charge >= 0.3 is 0 Å². The van der Waals surface area contributed by atoms with Gasteiger partial charge in [0.25, 0.3) is 5.91 Å². The molecule has 1 fully saturated rings. The van der Waals surface area contributed by atoms with Gasteiger partial charge in [0.2, 0.25) is 10.0 Å². The lowest BCUT2D eigenvalue weighted by atomic mass is 10.1. The Balaban J connectivity index is 1.44. The van der Waals surface area contributed by atoms with Crippen LogP contribution in [0.5, 0.6) is 0 Å². The largest absolute Gasteiger partial charge is 0.336 e. The third-order valence-corrected chi connectivity index (χ3v) is 7.67. The van der Waals surface area contributed by atoms with Crippen LogP contribution in [0.15, 0.2) is 71.9 Å². The molecule has 6 nitrogen and oxygen atoms in total. The summed E-state index contributed by atoms with van der Waals surface area (Å²) in [7, 11) is -3.78. The summed E-state index contributed by atoms with van der Waals surface area (Å²) in [5.41, 5.74) is 1.53. The van der Waals surface area contributed by atoms with E-state index >= 15 is 0 Å². The van der Waals surface area contributed by atoms with E-state index < -0.39 is 10.0 Å². The second-order valence-corrected chi connectivity index (χ2v) is 9.66. The Hall–Kier alpha value is -2.32. The molecule has 0 atom stereocenters. The van der Waals surface area contributed by atoms with Crippen molar-refractivity contribution in [1.29, 1.82) is 0 Å². The average molecular weight is 464 g/mol. The molecule has 1 saturated heterocycles. The first-order chi connectivity index (χ1) is 14.4. The number of hydrogen-bond acceptors (Lipinski definition) is 3. The number of sulfonamides is 1. The van der Waals surface area contributed by atoms with Gasteiger partial charge in [-0.3, -0.25) is 4.79 Å². The highest BCUT2D eigenvalue weighted by Gasteiger charge is 2.32. The molecule has 0 radical (unpaired) electrons. The van der Waals surface area contributed by atoms with Crippen LogP contribution in [-0.4, -0.2) is 54.3 Å². The van der Waals surface area contributed by atoms with Gasteiger partial charge in [-0.2, -0.15) is 4.31 Å². The van der Waals surface area contributed by atoms with Crippen molar-refractivity contribution in [2.45, 2.75) is 4.90 Å². The summed E-state index contributed by atoms with van der Waals surface area (Å²) in [5.74, 6) is -0.119. The van der Waals surface area contributed by atoms with Crippen molar-refractivity contribution in [2.75, 3.05) is 26.2 Å². The fourth-order valence-corrected chi connectivity index (χ4v) is 5.57. The molecule has 4 rings (SSSR count). The van der Waals surface area contributed by atoms with Gasteiger partial charge in [0.15, 0.2) is 0 Å². The first-order valence-electron chi connectivity index (χ1n) is 9.34. The minimum absolute atomic E-state index is 0.0166. The van der Waals surface area contributed by atoms with Crippen molar-refractivity contribution in [3.05, 3.63) is 82.6 Å². The second kappa shape index (κ2) is 8.43. The highest BCUT2D eigenvalue weighted by molar-refractivity contribution is 7.89. The van der Waals surface area contributed by atoms with E-state index in [0.717, 1.165) is 5.69 Å². The third-order valence-electron chi connectivity index (χ3n) is 5.05. The van der Waals surface area contributed by atoms with E-state index in [-0.39, 0.29) is 28.9 Å². The number of halogens is 2. The summed E-state index contributed by atoms with van der Waals surface area (Å²) in [5, 5.41) is 0.427. The Morgan fingerprint density at radius 2 is 1.50 bits per heavy atom. The maximum Gasteiger partial charge on any atom is 0.253 e. The maximum absolute atomic E-state index is 12.9. The van der Waals surface area contributed by atoms with Crippen LogP contribution in [0, 0.1) is 0 Å². The smallest absolute Gasteiger partial charge is 0.253 e. The van der Waals surface area contributed by atoms with Gasteiger partial charge in [-0.1, -0.05) is 23.2 Å². The summed E-state index contributed by atoms with van der Waals surface area (Å²) in [4.78, 5) is 14.5. The number of hydrogen-bond donors (Lipinski definition) is 0. The topological polar surface area (TPSA) is 62.6 Å². The number of rotatable bonds is 4. The summed E-state index contributed by atoms with van der Waals surface area (Å²) in [6.07, 6.45) is 3.87. The molecule has 1 aliphatic rings. The molecule has 2 aromatic carbocycles. The van der Waals surface area contributed by atoms with Crippen molar-refractivity contribution >= 4 is 39.1 Å². The lowest BCUT2D eigenvalue weighted by molar-refractivity contribution is 0.0698. The van der Waals surface area contributed by atoms with Crippen LogP contribution in [0.25, 0.3) is 5.69 Å². The molecule has 156 valence electrons. The quantitative estimate of drug-likeness (QED) is 0.588. The molecule has 0 spiro atoms. The van der Waals surface area contributed by atoms with Gasteiger partial charge in [0.05, 0.1) is 5.02 Å². The maximum atomic E-state index is 12.9. The van der Waals surface area contributed by atoms with Gasteiger partial charge in [0, 0.05) is 54.8 Å². The Labute approximate surface area is 185 Å². The zero-order valence-corrected chi connectivity index (χ0v) is 18.2. The number of benzene rings is 2. The number of carbonyl (C=O) groups excluding carboxylic acids is 1. The van der Waals surface area contributed by atoms with Crippen molar-refractivity contribution in [3.63, 3.8) is 0 Å². The molecule has 3 aromatic rings. The first-order valence-corrected chi connectivity index (χ1v) is 11.5. The zero-order chi connectivity index (χ0) is 21.3. The van der Waals surface area contributed by atoms with Crippen LogP contribution in [0.4, 0.5) is 0 Å². The van der Waals surface area contributed by atoms with E-state index in [1.807, 2.05) is 41.2 Å². The van der Waals surface area contributed by atoms with E-state index in [1.165, 1.54) is 16.4 Å². The monoisotopic (exact) mass is 463 g/mol. The van der Waals surface area contributed by atoms with E-state index in [4.69, 9.17) is 23.2 Å². The minimum Gasteiger partial charge on any atom is -0.336 e. The highest BCUT2D eigenvalue weighted by atomic mass is 35.5. The number of aromatic nitrogens is 1. The predicted octanol–water partition coefficient (Wildman–Crippen LogP) is 3.93. The predicted molar refractivity (Wildman–Crippen MR) is 117 cm³/mol. The van der Waals surface area contributed by atoms with Crippen molar-refractivity contribution < 1.29 is 13.2 Å². The van der Waals surface area contributed by atoms with Gasteiger partial charge < -0.3 is 9.47 Å². The number of piperazine rings is 1. The van der Waals surface area contributed by atoms with E-state index in [1.54, 1.807) is 23.1 Å². The summed E-state index contributed by atoms with van der Waals surface area (Å²) >= 11 is 12.0. The Bertz CT molecular complexity index is 1150. The summed E-state index contributed by atoms with van der Waals surface area (Å²) in [6.45, 7) is 0.988. The zero-order valence-electron chi connectivity index (χ0n) is 15.9. The number of nitrogens with zero attached hydrogens (tertiary/aromatic N) is 3. The molecule has 9 heteroatoms. The van der Waals surface area contributed by atoms with E-state index in [2.05, 4.69) is 0 Å². The molecule has 2 heterocycles. The van der Waals surface area contributed by atoms with Crippen LogP contribution >= 0.6 is 23.2 Å². The average Bonchev–Trinajstić information content (AvgIpc) is 3.30. The van der Waals surface area contributed by atoms with E-state index in [9.17, 15) is 13.2 Å². The highest BCUT2D eigenvalue weighted by Crippen LogP contribution is 2.28. The fraction of sp³-hybridized carbons (Fsp3) is 0.190. The molecule has 0 N–H and O–H groups in total. The van der Waals surface area contributed by atoms with Crippen LogP contribution in [-0.2, 0) is 10.0 Å². The molecule has 0 aliphatic carbocycles. The van der Waals surface area contributed by atoms with Crippen molar-refractivity contribution in [2.24, 2.45) is 0 Å². The normalized spacial score (nSPS) is 15.3. The molecule has 0 bridgehead atoms. The van der Waals surface area contributed by atoms with Crippen molar-refractivity contribution in [3.8, 4) is 5.69 Å². The summed E-state index contributed by atoms with van der Waals surface area (Å²) < 4.78 is 29.2. The number of amides is 1. The van der Waals surface area contributed by atoms with Crippen LogP contribution in [0.3, 0.4) is 0 Å². The van der Waals surface area contributed by atoms with Crippen molar-refractivity contribution in [1.82, 2.24) is 13.8 Å². The van der Waals surface area contributed by atoms with E-state index in [0.29, 0.717) is 23.7 Å². The fourth-order valence-electron chi connectivity index (χ4n) is 3.41. The second-order valence-electron chi connectivity index (χ2n) is 6.91. The first kappa shape index (κ1) is 20.9. The SMILES string of the molecule is O=C(c1ccc(-n2cccc2)cc1)N1CCN(S(=O)(=O)c2cc(Cl)ccc2Cl)CC1. The van der Waals surface area contributed by atoms with Gasteiger partial charge in [0.1, 0.15) is 4.90 Å². The lowest BCUT2D eigenvalue weighted by Crippen LogP contribution is -2.50. The molecule has 1 aliphatic heterocycles. The standard InChI is InChI=1S/C21H19Cl2N3O3S/c22-17-5-8-19(23)20(15-17)30(28,29)26-13-11-25(12-14-26)21(27)16-3-6-18(7-4-16)24-9-1-2-10-24/h1-10,15H,11-14H2. The molecule has 30 heavy (non-hydrogen) atoms. The molecule has 0 saturated carbocycles. The van der Waals surface area contributed by atoms with Crippen LogP contribution < -0.4 is 0 Å². The van der Waals surface area contributed by atoms with Gasteiger partial charge in [-0.15, -0.1) is 0 Å². The Morgan fingerprint density at radius 3 is 2.13 bits per heavy atom. The molecule has 1 amide bonds. The van der Waals surface area contributed by atoms with Crippen LogP contribution in [0.2, 0.25) is 10.0 Å². The van der Waals surface area contributed by atoms with Crippen LogP contribution in [0.1, 0.15) is 10.4 Å². The molecule has 0 unspecified atom stereocenters. The molecular weight excluding hydrogens is 445 g/mol. The Kier molecular flexibility index (Phi) is 5.88. The lowest BCUT2D eigenvalue weighted by Gasteiger charge is -2.34. The minimum atomic E-state index is -3.78. The Morgan fingerprint density at radius 1 is 0.867 bits per heavy atom.